The van der Waals surface area contributed by atoms with Crippen molar-refractivity contribution in [2.45, 2.75) is 76.9 Å². The summed E-state index contributed by atoms with van der Waals surface area (Å²) in [4.78, 5) is 41.5. The van der Waals surface area contributed by atoms with Crippen LogP contribution in [0.15, 0.2) is 30.3 Å². The normalized spacial score (nSPS) is 21.0. The SMILES string of the molecule is CCOC(=O)c1cc2n(n1)CC(C)(C(=O)NC1CCCCCCC1)N(c1cccc(OC)c1)C2=O. The van der Waals surface area contributed by atoms with Crippen LogP contribution in [0.4, 0.5) is 5.69 Å². The van der Waals surface area contributed by atoms with E-state index in [1.54, 1.807) is 45.2 Å². The summed E-state index contributed by atoms with van der Waals surface area (Å²) in [6.07, 6.45) is 7.58. The summed E-state index contributed by atoms with van der Waals surface area (Å²) in [6, 6.07) is 8.57. The third-order valence-electron chi connectivity index (χ3n) is 6.88. The van der Waals surface area contributed by atoms with E-state index in [-0.39, 0.29) is 36.5 Å². The lowest BCUT2D eigenvalue weighted by Crippen LogP contribution is -2.65. The molecule has 1 N–H and O–H groups in total. The number of fused-ring (bicyclic) bond motifs is 1. The highest BCUT2D eigenvalue weighted by Gasteiger charge is 2.49. The van der Waals surface area contributed by atoms with Crippen molar-refractivity contribution in [3.05, 3.63) is 41.7 Å². The molecule has 1 aromatic carbocycles. The minimum Gasteiger partial charge on any atom is -0.497 e. The lowest BCUT2D eigenvalue weighted by atomic mass is 9.91. The molecule has 2 heterocycles. The number of amides is 2. The quantitative estimate of drug-likeness (QED) is 0.630. The molecule has 1 aliphatic heterocycles. The van der Waals surface area contributed by atoms with Crippen LogP contribution in [0.1, 0.15) is 79.8 Å². The Balaban J connectivity index is 1.72. The van der Waals surface area contributed by atoms with Crippen molar-refractivity contribution in [2.24, 2.45) is 0 Å². The molecule has 4 rings (SSSR count). The van der Waals surface area contributed by atoms with E-state index in [9.17, 15) is 14.4 Å². The molecule has 9 nitrogen and oxygen atoms in total. The van der Waals surface area contributed by atoms with Gasteiger partial charge in [-0.3, -0.25) is 19.2 Å². The monoisotopic (exact) mass is 482 g/mol. The van der Waals surface area contributed by atoms with Gasteiger partial charge in [-0.25, -0.2) is 4.79 Å². The number of hydrogen-bond donors (Lipinski definition) is 1. The van der Waals surface area contributed by atoms with Gasteiger partial charge in [-0.2, -0.15) is 5.10 Å². The Morgan fingerprint density at radius 1 is 1.14 bits per heavy atom. The molecular weight excluding hydrogens is 448 g/mol. The van der Waals surface area contributed by atoms with Crippen molar-refractivity contribution in [2.75, 3.05) is 18.6 Å². The Labute approximate surface area is 205 Å². The fourth-order valence-corrected chi connectivity index (χ4v) is 4.98. The number of ether oxygens (including phenoxy) is 2. The van der Waals surface area contributed by atoms with E-state index >= 15 is 0 Å². The minimum atomic E-state index is -1.27. The molecule has 2 amide bonds. The molecule has 1 aliphatic carbocycles. The van der Waals surface area contributed by atoms with Gasteiger partial charge in [-0.05, 0) is 38.8 Å². The summed E-state index contributed by atoms with van der Waals surface area (Å²) in [5.74, 6) is -0.680. The molecule has 0 radical (unpaired) electrons. The summed E-state index contributed by atoms with van der Waals surface area (Å²) in [5, 5.41) is 7.55. The van der Waals surface area contributed by atoms with E-state index in [4.69, 9.17) is 9.47 Å². The molecule has 1 saturated carbocycles. The van der Waals surface area contributed by atoms with Crippen molar-refractivity contribution < 1.29 is 23.9 Å². The van der Waals surface area contributed by atoms with E-state index in [1.165, 1.54) is 34.9 Å². The van der Waals surface area contributed by atoms with Crippen LogP contribution in [-0.4, -0.2) is 52.9 Å². The summed E-state index contributed by atoms with van der Waals surface area (Å²) in [7, 11) is 1.55. The average Bonchev–Trinajstić information content (AvgIpc) is 3.25. The lowest BCUT2D eigenvalue weighted by Gasteiger charge is -2.43. The van der Waals surface area contributed by atoms with Gasteiger partial charge in [0.15, 0.2) is 5.69 Å². The van der Waals surface area contributed by atoms with E-state index in [2.05, 4.69) is 10.4 Å². The van der Waals surface area contributed by atoms with Crippen LogP contribution in [0.5, 0.6) is 5.75 Å². The van der Waals surface area contributed by atoms with Gasteiger partial charge in [0.2, 0.25) is 5.91 Å². The Bertz CT molecular complexity index is 1090. The number of benzene rings is 1. The van der Waals surface area contributed by atoms with Gasteiger partial charge in [-0.15, -0.1) is 0 Å². The second-order valence-electron chi connectivity index (χ2n) is 9.42. The number of nitrogens with zero attached hydrogens (tertiary/aromatic N) is 3. The Morgan fingerprint density at radius 3 is 2.54 bits per heavy atom. The van der Waals surface area contributed by atoms with Crippen molar-refractivity contribution in [1.82, 2.24) is 15.1 Å². The van der Waals surface area contributed by atoms with E-state index in [0.29, 0.717) is 11.4 Å². The molecular formula is C26H34N4O5. The first kappa shape index (κ1) is 24.8. The predicted octanol–water partition coefficient (Wildman–Crippen LogP) is 3.72. The van der Waals surface area contributed by atoms with Gasteiger partial charge in [0.1, 0.15) is 17.0 Å². The highest BCUT2D eigenvalue weighted by Crippen LogP contribution is 2.35. The predicted molar refractivity (Wildman–Crippen MR) is 131 cm³/mol. The zero-order chi connectivity index (χ0) is 25.0. The Hall–Kier alpha value is -3.36. The van der Waals surface area contributed by atoms with Crippen molar-refractivity contribution in [3.8, 4) is 5.75 Å². The molecule has 1 aromatic heterocycles. The number of rotatable bonds is 6. The van der Waals surface area contributed by atoms with Gasteiger partial charge in [-0.1, -0.05) is 38.2 Å². The zero-order valence-electron chi connectivity index (χ0n) is 20.7. The zero-order valence-corrected chi connectivity index (χ0v) is 20.7. The number of carbonyl (C=O) groups excluding carboxylic acids is 3. The maximum absolute atomic E-state index is 13.9. The van der Waals surface area contributed by atoms with Crippen LogP contribution >= 0.6 is 0 Å². The van der Waals surface area contributed by atoms with Crippen LogP contribution in [0.25, 0.3) is 0 Å². The summed E-state index contributed by atoms with van der Waals surface area (Å²) >= 11 is 0. The first-order valence-electron chi connectivity index (χ1n) is 12.4. The minimum absolute atomic E-state index is 0.0467. The molecule has 9 heteroatoms. The van der Waals surface area contributed by atoms with Gasteiger partial charge < -0.3 is 14.8 Å². The van der Waals surface area contributed by atoms with Crippen molar-refractivity contribution >= 4 is 23.5 Å². The molecule has 2 aliphatic rings. The number of anilines is 1. The molecule has 1 atom stereocenters. The van der Waals surface area contributed by atoms with E-state index < -0.39 is 17.4 Å². The topological polar surface area (TPSA) is 103 Å². The first-order chi connectivity index (χ1) is 16.9. The molecule has 1 fully saturated rings. The Morgan fingerprint density at radius 2 is 1.86 bits per heavy atom. The fraction of sp³-hybridized carbons (Fsp3) is 0.538. The smallest absolute Gasteiger partial charge is 0.358 e. The third-order valence-corrected chi connectivity index (χ3v) is 6.88. The van der Waals surface area contributed by atoms with Crippen LogP contribution in [0, 0.1) is 0 Å². The van der Waals surface area contributed by atoms with Crippen molar-refractivity contribution in [3.63, 3.8) is 0 Å². The maximum atomic E-state index is 13.9. The van der Waals surface area contributed by atoms with Gasteiger partial charge in [0.25, 0.3) is 5.91 Å². The van der Waals surface area contributed by atoms with Gasteiger partial charge >= 0.3 is 5.97 Å². The maximum Gasteiger partial charge on any atom is 0.358 e. The summed E-state index contributed by atoms with van der Waals surface area (Å²) in [6.45, 7) is 3.76. The molecule has 0 spiro atoms. The highest BCUT2D eigenvalue weighted by atomic mass is 16.5. The summed E-state index contributed by atoms with van der Waals surface area (Å²) in [5.41, 5.74) is -0.455. The van der Waals surface area contributed by atoms with E-state index in [1.807, 2.05) is 0 Å². The highest BCUT2D eigenvalue weighted by molar-refractivity contribution is 6.12. The van der Waals surface area contributed by atoms with Crippen LogP contribution < -0.4 is 15.0 Å². The number of esters is 1. The van der Waals surface area contributed by atoms with Crippen LogP contribution in [-0.2, 0) is 16.1 Å². The van der Waals surface area contributed by atoms with Gasteiger partial charge in [0.05, 0.1) is 20.3 Å². The van der Waals surface area contributed by atoms with Gasteiger partial charge in [0, 0.05) is 23.9 Å². The van der Waals surface area contributed by atoms with Crippen LogP contribution in [0.3, 0.4) is 0 Å². The standard InChI is InChI=1S/C26H34N4O5/c1-4-35-24(32)21-16-22-23(31)30(19-13-10-14-20(15-19)34-3)26(2,17-29(22)28-21)25(33)27-18-11-8-6-5-7-9-12-18/h10,13-16,18H,4-9,11-12,17H2,1-3H3,(H,27,33). The Kier molecular flexibility index (Phi) is 7.42. The molecule has 0 saturated heterocycles. The van der Waals surface area contributed by atoms with E-state index in [0.717, 1.165) is 25.7 Å². The average molecular weight is 483 g/mol. The second-order valence-corrected chi connectivity index (χ2v) is 9.42. The number of methoxy groups -OCH3 is 1. The number of nitrogens with one attached hydrogen (secondary N) is 1. The molecule has 2 aromatic rings. The molecule has 188 valence electrons. The second kappa shape index (κ2) is 10.5. The number of hydrogen-bond acceptors (Lipinski definition) is 6. The molecule has 0 bridgehead atoms. The fourth-order valence-electron chi connectivity index (χ4n) is 4.98. The van der Waals surface area contributed by atoms with Crippen LogP contribution in [0.2, 0.25) is 0 Å². The summed E-state index contributed by atoms with van der Waals surface area (Å²) < 4.78 is 11.9. The number of aromatic nitrogens is 2. The number of carbonyl (C=O) groups is 3. The van der Waals surface area contributed by atoms with Crippen molar-refractivity contribution in [1.29, 1.82) is 0 Å². The largest absolute Gasteiger partial charge is 0.497 e. The molecule has 1 unspecified atom stereocenters. The molecule has 35 heavy (non-hydrogen) atoms. The lowest BCUT2D eigenvalue weighted by molar-refractivity contribution is -0.127. The first-order valence-corrected chi connectivity index (χ1v) is 12.4. The third kappa shape index (κ3) is 5.04.